The molecule has 0 aliphatic heterocycles. The fourth-order valence-corrected chi connectivity index (χ4v) is 6.38. The zero-order valence-corrected chi connectivity index (χ0v) is 21.4. The normalized spacial score (nSPS) is 33.0. The summed E-state index contributed by atoms with van der Waals surface area (Å²) in [6.45, 7) is 13.2. The van der Waals surface area contributed by atoms with Crippen molar-refractivity contribution in [3.8, 4) is 0 Å². The molecular formula is C28H44N2O3. The molecule has 0 saturated heterocycles. The molecule has 2 aliphatic carbocycles. The van der Waals surface area contributed by atoms with Crippen molar-refractivity contribution in [3.05, 3.63) is 35.9 Å². The molecule has 0 unspecified atom stereocenters. The smallest absolute Gasteiger partial charge is 0.223 e. The molecule has 0 bridgehead atoms. The summed E-state index contributed by atoms with van der Waals surface area (Å²) in [4.78, 5) is 25.6. The lowest BCUT2D eigenvalue weighted by molar-refractivity contribution is -0.144. The Morgan fingerprint density at radius 2 is 1.79 bits per heavy atom. The first-order valence-corrected chi connectivity index (χ1v) is 12.7. The molecule has 5 heteroatoms. The third-order valence-corrected chi connectivity index (χ3v) is 8.29. The van der Waals surface area contributed by atoms with E-state index in [-0.39, 0.29) is 52.4 Å². The van der Waals surface area contributed by atoms with Crippen molar-refractivity contribution in [2.45, 2.75) is 92.3 Å². The number of amides is 2. The Labute approximate surface area is 200 Å². The van der Waals surface area contributed by atoms with Crippen LogP contribution in [0.4, 0.5) is 0 Å². The number of hydrogen-bond donors (Lipinski definition) is 3. The average Bonchev–Trinajstić information content (AvgIpc) is 2.73. The minimum Gasteiger partial charge on any atom is -0.392 e. The van der Waals surface area contributed by atoms with Gasteiger partial charge in [-0.1, -0.05) is 71.9 Å². The summed E-state index contributed by atoms with van der Waals surface area (Å²) in [6.07, 6.45) is 3.79. The number of aliphatic hydroxyl groups excluding tert-OH is 1. The van der Waals surface area contributed by atoms with Crippen molar-refractivity contribution in [1.82, 2.24) is 10.6 Å². The summed E-state index contributed by atoms with van der Waals surface area (Å²) in [5.74, 6) is 0.0319. The second-order valence-corrected chi connectivity index (χ2v) is 12.2. The molecule has 0 spiro atoms. The lowest BCUT2D eigenvalue weighted by atomic mass is 9.51. The molecule has 7 atom stereocenters. The van der Waals surface area contributed by atoms with Crippen LogP contribution >= 0.6 is 0 Å². The van der Waals surface area contributed by atoms with Gasteiger partial charge in [0.25, 0.3) is 0 Å². The van der Waals surface area contributed by atoms with Crippen LogP contribution in [0.2, 0.25) is 0 Å². The van der Waals surface area contributed by atoms with Gasteiger partial charge in [0.1, 0.15) is 0 Å². The average molecular weight is 457 g/mol. The van der Waals surface area contributed by atoms with Crippen LogP contribution < -0.4 is 10.6 Å². The van der Waals surface area contributed by atoms with Crippen LogP contribution in [0.15, 0.2) is 30.3 Å². The second-order valence-electron chi connectivity index (χ2n) is 12.2. The zero-order chi connectivity index (χ0) is 24.4. The maximum absolute atomic E-state index is 12.9. The standard InChI is InChI=1S/C28H44N2O3/c1-18(26(33)29-17-20-10-8-7-9-11-20)21-12-14-28(6)15-13-22(19(2)24(28)25(21)32)30-23(31)16-27(3,4)5/h7-11,18-19,21-22,24-25,32H,12-17H2,1-6H3,(H,29,33)(H,30,31)/t18-,19-,21+,22-,24+,25-,28+/m0/s1. The molecule has 0 radical (unpaired) electrons. The number of hydrogen-bond acceptors (Lipinski definition) is 3. The van der Waals surface area contributed by atoms with Gasteiger partial charge in [-0.25, -0.2) is 0 Å². The molecule has 2 amide bonds. The topological polar surface area (TPSA) is 78.4 Å². The third kappa shape index (κ3) is 6.17. The number of fused-ring (bicyclic) bond motifs is 1. The fourth-order valence-electron chi connectivity index (χ4n) is 6.38. The number of nitrogens with one attached hydrogen (secondary N) is 2. The zero-order valence-electron chi connectivity index (χ0n) is 21.4. The van der Waals surface area contributed by atoms with E-state index in [2.05, 4.69) is 45.3 Å². The molecule has 0 aromatic heterocycles. The van der Waals surface area contributed by atoms with Crippen molar-refractivity contribution >= 4 is 11.8 Å². The summed E-state index contributed by atoms with van der Waals surface area (Å²) in [7, 11) is 0. The van der Waals surface area contributed by atoms with E-state index in [1.54, 1.807) is 0 Å². The molecule has 184 valence electrons. The number of rotatable bonds is 6. The largest absolute Gasteiger partial charge is 0.392 e. The van der Waals surface area contributed by atoms with E-state index >= 15 is 0 Å². The highest BCUT2D eigenvalue weighted by atomic mass is 16.3. The van der Waals surface area contributed by atoms with Crippen LogP contribution in [-0.2, 0) is 16.1 Å². The molecule has 1 aromatic rings. The van der Waals surface area contributed by atoms with Crippen LogP contribution in [0.5, 0.6) is 0 Å². The summed E-state index contributed by atoms with van der Waals surface area (Å²) >= 11 is 0. The molecule has 3 rings (SSSR count). The highest BCUT2D eigenvalue weighted by Crippen LogP contribution is 2.55. The number of aliphatic hydroxyl groups is 1. The number of carbonyl (C=O) groups excluding carboxylic acids is 2. The lowest BCUT2D eigenvalue weighted by Crippen LogP contribution is -2.58. The Kier molecular flexibility index (Phi) is 7.93. The van der Waals surface area contributed by atoms with Crippen LogP contribution in [0, 0.1) is 34.5 Å². The Balaban J connectivity index is 1.65. The summed E-state index contributed by atoms with van der Waals surface area (Å²) in [5.41, 5.74) is 1.08. The van der Waals surface area contributed by atoms with Crippen LogP contribution in [0.25, 0.3) is 0 Å². The molecule has 2 saturated carbocycles. The number of benzene rings is 1. The maximum atomic E-state index is 12.9. The predicted molar refractivity (Wildman–Crippen MR) is 132 cm³/mol. The van der Waals surface area contributed by atoms with Crippen molar-refractivity contribution in [1.29, 1.82) is 0 Å². The van der Waals surface area contributed by atoms with Gasteiger partial charge in [-0.3, -0.25) is 9.59 Å². The van der Waals surface area contributed by atoms with E-state index in [1.807, 2.05) is 37.3 Å². The Morgan fingerprint density at radius 1 is 1.15 bits per heavy atom. The lowest BCUT2D eigenvalue weighted by Gasteiger charge is -2.56. The van der Waals surface area contributed by atoms with E-state index in [4.69, 9.17) is 0 Å². The van der Waals surface area contributed by atoms with E-state index in [0.29, 0.717) is 13.0 Å². The van der Waals surface area contributed by atoms with Gasteiger partial charge >= 0.3 is 0 Å². The first kappa shape index (κ1) is 25.7. The monoisotopic (exact) mass is 456 g/mol. The highest BCUT2D eigenvalue weighted by molar-refractivity contribution is 5.78. The fraction of sp³-hybridized carbons (Fsp3) is 0.714. The van der Waals surface area contributed by atoms with Gasteiger partial charge in [0.15, 0.2) is 0 Å². The first-order chi connectivity index (χ1) is 15.4. The minimum atomic E-state index is -0.543. The van der Waals surface area contributed by atoms with Crippen molar-refractivity contribution in [3.63, 3.8) is 0 Å². The van der Waals surface area contributed by atoms with Crippen LogP contribution in [-0.4, -0.2) is 29.1 Å². The molecule has 2 fully saturated rings. The van der Waals surface area contributed by atoms with Gasteiger partial charge in [-0.15, -0.1) is 0 Å². The van der Waals surface area contributed by atoms with Crippen LogP contribution in [0.1, 0.15) is 79.2 Å². The van der Waals surface area contributed by atoms with Crippen molar-refractivity contribution in [2.75, 3.05) is 0 Å². The second kappa shape index (κ2) is 10.2. The minimum absolute atomic E-state index is 0.00463. The van der Waals surface area contributed by atoms with E-state index < -0.39 is 6.10 Å². The molecule has 0 heterocycles. The number of carbonyl (C=O) groups is 2. The van der Waals surface area contributed by atoms with E-state index in [9.17, 15) is 14.7 Å². The van der Waals surface area contributed by atoms with Gasteiger partial charge in [0, 0.05) is 24.9 Å². The molecule has 3 N–H and O–H groups in total. The predicted octanol–water partition coefficient (Wildman–Crippen LogP) is 4.68. The highest BCUT2D eigenvalue weighted by Gasteiger charge is 2.53. The van der Waals surface area contributed by atoms with Gasteiger partial charge in [-0.05, 0) is 59.8 Å². The molecular weight excluding hydrogens is 412 g/mol. The van der Waals surface area contributed by atoms with E-state index in [0.717, 1.165) is 31.2 Å². The molecule has 5 nitrogen and oxygen atoms in total. The van der Waals surface area contributed by atoms with Gasteiger partial charge < -0.3 is 15.7 Å². The quantitative estimate of drug-likeness (QED) is 0.581. The summed E-state index contributed by atoms with van der Waals surface area (Å²) < 4.78 is 0. The molecule has 33 heavy (non-hydrogen) atoms. The van der Waals surface area contributed by atoms with Gasteiger partial charge in [0.2, 0.25) is 11.8 Å². The van der Waals surface area contributed by atoms with Gasteiger partial charge in [-0.2, -0.15) is 0 Å². The SMILES string of the molecule is C[C@@H]1[C@@H]2[C@@H](O)[C@@H]([C@H](C)C(=O)NCc3ccccc3)CC[C@]2(C)CC[C@@H]1NC(=O)CC(C)(C)C. The van der Waals surface area contributed by atoms with Gasteiger partial charge in [0.05, 0.1) is 6.10 Å². The van der Waals surface area contributed by atoms with Crippen molar-refractivity contribution < 1.29 is 14.7 Å². The maximum Gasteiger partial charge on any atom is 0.223 e. The molecule has 2 aliphatic rings. The summed E-state index contributed by atoms with van der Waals surface area (Å²) in [6, 6.07) is 9.99. The Bertz CT molecular complexity index is 818. The summed E-state index contributed by atoms with van der Waals surface area (Å²) in [5, 5.41) is 17.9. The third-order valence-electron chi connectivity index (χ3n) is 8.29. The Hall–Kier alpha value is -1.88. The molecule has 1 aromatic carbocycles. The first-order valence-electron chi connectivity index (χ1n) is 12.7. The van der Waals surface area contributed by atoms with Crippen molar-refractivity contribution in [2.24, 2.45) is 34.5 Å². The van der Waals surface area contributed by atoms with Crippen LogP contribution in [0.3, 0.4) is 0 Å². The Morgan fingerprint density at radius 3 is 2.42 bits per heavy atom. The van der Waals surface area contributed by atoms with E-state index in [1.165, 1.54) is 0 Å².